The summed E-state index contributed by atoms with van der Waals surface area (Å²) in [5.74, 6) is 0.421. The number of carbonyl (C=O) groups is 2. The van der Waals surface area contributed by atoms with E-state index in [9.17, 15) is 9.59 Å². The first-order valence-corrected chi connectivity index (χ1v) is 6.61. The van der Waals surface area contributed by atoms with Crippen LogP contribution in [0.15, 0.2) is 0 Å². The number of rotatable bonds is 9. The Balaban J connectivity index is 3.78. The monoisotopic (exact) mass is 258 g/mol. The van der Waals surface area contributed by atoms with E-state index in [1.165, 1.54) is 0 Å². The normalized spacial score (nSPS) is 12.3. The van der Waals surface area contributed by atoms with Gasteiger partial charge in [-0.15, -0.1) is 0 Å². The first-order chi connectivity index (χ1) is 8.49. The Morgan fingerprint density at radius 2 is 2.00 bits per heavy atom. The van der Waals surface area contributed by atoms with Crippen LogP contribution >= 0.6 is 0 Å². The molecule has 1 amide bonds. The lowest BCUT2D eigenvalue weighted by Crippen LogP contribution is -2.30. The minimum atomic E-state index is -0.282. The molecule has 1 atom stereocenters. The number of nitrogens with one attached hydrogen (secondary N) is 1. The molecule has 18 heavy (non-hydrogen) atoms. The molecule has 0 aromatic heterocycles. The number of nitrogens with two attached hydrogens (primary N) is 1. The van der Waals surface area contributed by atoms with E-state index < -0.39 is 0 Å². The number of esters is 1. The number of amides is 1. The van der Waals surface area contributed by atoms with Crippen molar-refractivity contribution in [2.45, 2.75) is 40.0 Å². The van der Waals surface area contributed by atoms with E-state index in [-0.39, 0.29) is 24.2 Å². The highest BCUT2D eigenvalue weighted by molar-refractivity contribution is 5.77. The molecule has 0 unspecified atom stereocenters. The number of hydrogen-bond acceptors (Lipinski definition) is 4. The third kappa shape index (κ3) is 8.98. The maximum Gasteiger partial charge on any atom is 0.307 e. The van der Waals surface area contributed by atoms with Gasteiger partial charge in [0.25, 0.3) is 0 Å². The first-order valence-electron chi connectivity index (χ1n) is 6.61. The van der Waals surface area contributed by atoms with Crippen molar-refractivity contribution in [2.24, 2.45) is 17.6 Å². The van der Waals surface area contributed by atoms with Crippen LogP contribution < -0.4 is 11.1 Å². The Labute approximate surface area is 109 Å². The molecule has 0 aromatic carbocycles. The predicted octanol–water partition coefficient (Wildman–Crippen LogP) is 1.07. The largest absolute Gasteiger partial charge is 0.466 e. The lowest BCUT2D eigenvalue weighted by molar-refractivity contribution is -0.143. The molecule has 0 bridgehead atoms. The Morgan fingerprint density at radius 3 is 2.50 bits per heavy atom. The second-order valence-corrected chi connectivity index (χ2v) is 4.84. The second-order valence-electron chi connectivity index (χ2n) is 4.84. The highest BCUT2D eigenvalue weighted by Crippen LogP contribution is 2.13. The zero-order valence-electron chi connectivity index (χ0n) is 11.7. The average molecular weight is 258 g/mol. The quantitative estimate of drug-likeness (QED) is 0.606. The molecule has 106 valence electrons. The van der Waals surface area contributed by atoms with E-state index in [2.05, 4.69) is 19.2 Å². The molecule has 0 aromatic rings. The van der Waals surface area contributed by atoms with Gasteiger partial charge in [0.05, 0.1) is 13.0 Å². The summed E-state index contributed by atoms with van der Waals surface area (Å²) in [6.45, 7) is 7.20. The molecule has 0 spiro atoms. The van der Waals surface area contributed by atoms with Crippen LogP contribution in [0.3, 0.4) is 0 Å². The first kappa shape index (κ1) is 16.9. The SMILES string of the molecule is CCOC(=O)CCNC(=O)C[C@@H](CN)CC(C)C. The average Bonchev–Trinajstić information content (AvgIpc) is 2.27. The molecule has 0 rings (SSSR count). The van der Waals surface area contributed by atoms with Gasteiger partial charge in [-0.05, 0) is 31.7 Å². The van der Waals surface area contributed by atoms with Crippen molar-refractivity contribution < 1.29 is 14.3 Å². The molecule has 5 nitrogen and oxygen atoms in total. The van der Waals surface area contributed by atoms with E-state index in [0.717, 1.165) is 6.42 Å². The molecule has 0 saturated heterocycles. The molecule has 0 aliphatic heterocycles. The zero-order valence-corrected chi connectivity index (χ0v) is 11.7. The molecule has 0 fully saturated rings. The third-order valence-electron chi connectivity index (χ3n) is 2.57. The fraction of sp³-hybridized carbons (Fsp3) is 0.846. The van der Waals surface area contributed by atoms with E-state index in [4.69, 9.17) is 10.5 Å². The van der Waals surface area contributed by atoms with Gasteiger partial charge in [0, 0.05) is 13.0 Å². The molecule has 0 radical (unpaired) electrons. The Hall–Kier alpha value is -1.10. The minimum absolute atomic E-state index is 0.0459. The van der Waals surface area contributed by atoms with Gasteiger partial charge in [0.1, 0.15) is 0 Å². The molecular weight excluding hydrogens is 232 g/mol. The molecule has 5 heteroatoms. The van der Waals surface area contributed by atoms with Crippen LogP contribution in [0.2, 0.25) is 0 Å². The summed E-state index contributed by atoms with van der Waals surface area (Å²) in [5.41, 5.74) is 5.63. The minimum Gasteiger partial charge on any atom is -0.466 e. The van der Waals surface area contributed by atoms with Gasteiger partial charge in [-0.3, -0.25) is 9.59 Å². The molecule has 3 N–H and O–H groups in total. The van der Waals surface area contributed by atoms with Crippen LogP contribution in [0, 0.1) is 11.8 Å². The summed E-state index contributed by atoms with van der Waals surface area (Å²) in [7, 11) is 0. The van der Waals surface area contributed by atoms with Gasteiger partial charge in [0.2, 0.25) is 5.91 Å². The molecule has 0 saturated carbocycles. The van der Waals surface area contributed by atoms with Crippen LogP contribution in [-0.2, 0) is 14.3 Å². The summed E-state index contributed by atoms with van der Waals surface area (Å²) in [6.07, 6.45) is 1.59. The van der Waals surface area contributed by atoms with Crippen LogP contribution in [0.5, 0.6) is 0 Å². The fourth-order valence-corrected chi connectivity index (χ4v) is 1.80. The fourth-order valence-electron chi connectivity index (χ4n) is 1.80. The number of carbonyl (C=O) groups excluding carboxylic acids is 2. The maximum absolute atomic E-state index is 11.6. The highest BCUT2D eigenvalue weighted by Gasteiger charge is 2.14. The molecule has 0 aliphatic rings. The van der Waals surface area contributed by atoms with Crippen LogP contribution in [0.1, 0.15) is 40.0 Å². The van der Waals surface area contributed by atoms with Crippen molar-refractivity contribution in [3.8, 4) is 0 Å². The number of hydrogen-bond donors (Lipinski definition) is 2. The standard InChI is InChI=1S/C13H26N2O3/c1-4-18-13(17)5-6-15-12(16)8-11(9-14)7-10(2)3/h10-11H,4-9,14H2,1-3H3,(H,15,16)/t11-/m0/s1. The maximum atomic E-state index is 11.6. The molecule has 0 aliphatic carbocycles. The third-order valence-corrected chi connectivity index (χ3v) is 2.57. The number of ether oxygens (including phenoxy) is 1. The smallest absolute Gasteiger partial charge is 0.307 e. The van der Waals surface area contributed by atoms with Crippen molar-refractivity contribution in [1.29, 1.82) is 0 Å². The van der Waals surface area contributed by atoms with Gasteiger partial charge in [-0.25, -0.2) is 0 Å². The van der Waals surface area contributed by atoms with Gasteiger partial charge < -0.3 is 15.8 Å². The summed E-state index contributed by atoms with van der Waals surface area (Å²) < 4.78 is 4.77. The van der Waals surface area contributed by atoms with Crippen LogP contribution in [0.4, 0.5) is 0 Å². The lowest BCUT2D eigenvalue weighted by Gasteiger charge is -2.16. The van der Waals surface area contributed by atoms with Crippen LogP contribution in [-0.4, -0.2) is 31.6 Å². The van der Waals surface area contributed by atoms with Crippen molar-refractivity contribution >= 4 is 11.9 Å². The zero-order chi connectivity index (χ0) is 14.0. The van der Waals surface area contributed by atoms with Crippen molar-refractivity contribution in [3.05, 3.63) is 0 Å². The Morgan fingerprint density at radius 1 is 1.33 bits per heavy atom. The van der Waals surface area contributed by atoms with Crippen molar-refractivity contribution in [2.75, 3.05) is 19.7 Å². The molecule has 0 heterocycles. The van der Waals surface area contributed by atoms with E-state index in [0.29, 0.717) is 32.0 Å². The van der Waals surface area contributed by atoms with Gasteiger partial charge >= 0.3 is 5.97 Å². The Bertz CT molecular complexity index is 255. The van der Waals surface area contributed by atoms with E-state index in [1.54, 1.807) is 6.92 Å². The Kier molecular flexibility index (Phi) is 9.28. The van der Waals surface area contributed by atoms with Crippen LogP contribution in [0.25, 0.3) is 0 Å². The van der Waals surface area contributed by atoms with E-state index >= 15 is 0 Å². The van der Waals surface area contributed by atoms with E-state index in [1.807, 2.05) is 0 Å². The summed E-state index contributed by atoms with van der Waals surface area (Å²) in [6, 6.07) is 0. The predicted molar refractivity (Wildman–Crippen MR) is 70.9 cm³/mol. The van der Waals surface area contributed by atoms with Gasteiger partial charge in [-0.2, -0.15) is 0 Å². The van der Waals surface area contributed by atoms with Crippen molar-refractivity contribution in [3.63, 3.8) is 0 Å². The summed E-state index contributed by atoms with van der Waals surface area (Å²) in [4.78, 5) is 22.7. The summed E-state index contributed by atoms with van der Waals surface area (Å²) in [5, 5.41) is 2.71. The van der Waals surface area contributed by atoms with Gasteiger partial charge in [0.15, 0.2) is 0 Å². The second kappa shape index (κ2) is 9.88. The highest BCUT2D eigenvalue weighted by atomic mass is 16.5. The summed E-state index contributed by atoms with van der Waals surface area (Å²) >= 11 is 0. The molecular formula is C13H26N2O3. The lowest BCUT2D eigenvalue weighted by atomic mass is 9.94. The van der Waals surface area contributed by atoms with Gasteiger partial charge in [-0.1, -0.05) is 13.8 Å². The van der Waals surface area contributed by atoms with Crippen molar-refractivity contribution in [1.82, 2.24) is 5.32 Å². The topological polar surface area (TPSA) is 81.4 Å².